The number of amides is 1. The second kappa shape index (κ2) is 14.1. The molecule has 5 aromatic rings. The lowest BCUT2D eigenvalue weighted by Crippen LogP contribution is -2.65. The van der Waals surface area contributed by atoms with Gasteiger partial charge in [-0.05, 0) is 76.0 Å². The molecule has 1 N–H and O–H groups in total. The van der Waals surface area contributed by atoms with Gasteiger partial charge >= 0.3 is 0 Å². The minimum absolute atomic E-state index is 0.00252. The van der Waals surface area contributed by atoms with Gasteiger partial charge in [0.1, 0.15) is 5.75 Å². The Balaban J connectivity index is 1.34. The number of hydrogen-bond acceptors (Lipinski definition) is 3. The van der Waals surface area contributed by atoms with Crippen LogP contribution in [0.3, 0.4) is 0 Å². The van der Waals surface area contributed by atoms with E-state index < -0.39 is 13.4 Å². The number of rotatable bonds is 10. The van der Waals surface area contributed by atoms with Gasteiger partial charge in [-0.3, -0.25) is 4.79 Å². The molecule has 48 heavy (non-hydrogen) atoms. The lowest BCUT2D eigenvalue weighted by atomic mass is 9.93. The third kappa shape index (κ3) is 6.35. The van der Waals surface area contributed by atoms with E-state index >= 15 is 0 Å². The highest BCUT2D eigenvalue weighted by Gasteiger charge is 2.51. The maximum absolute atomic E-state index is 14.7. The fourth-order valence-electron chi connectivity index (χ4n) is 7.69. The Kier molecular flexibility index (Phi) is 9.93. The average Bonchev–Trinajstić information content (AvgIpc) is 3.46. The van der Waals surface area contributed by atoms with Crippen LogP contribution in [-0.2, 0) is 0 Å². The number of halogens is 1. The Morgan fingerprint density at radius 3 is 2.00 bits per heavy atom. The van der Waals surface area contributed by atoms with Crippen LogP contribution in [0, 0.1) is 5.92 Å². The molecule has 0 radical (unpaired) electrons. The molecule has 5 aromatic carbocycles. The van der Waals surface area contributed by atoms with Crippen LogP contribution in [0.2, 0.25) is 10.1 Å². The summed E-state index contributed by atoms with van der Waals surface area (Å²) in [6, 6.07) is 43.8. The molecule has 1 heterocycles. The summed E-state index contributed by atoms with van der Waals surface area (Å²) in [6.45, 7) is 6.65. The third-order valence-electron chi connectivity index (χ3n) is 10.4. The normalized spacial score (nSPS) is 18.1. The SMILES string of the molecule is COc1ccccc1-c1ccc(C(=O)N2[C@H](CCC(C)(C)[Si](O)(c3ccccc3)c3ccccc3)[C@@H](C)C[C@H]2c2ccccc2Cl)cc1. The number of methoxy groups -OCH3 is 1. The molecular weight excluding hydrogens is 630 g/mol. The first-order valence-electron chi connectivity index (χ1n) is 16.8. The smallest absolute Gasteiger partial charge is 0.258 e. The van der Waals surface area contributed by atoms with E-state index in [-0.39, 0.29) is 23.9 Å². The van der Waals surface area contributed by atoms with Crippen molar-refractivity contribution in [3.05, 3.63) is 150 Å². The third-order valence-corrected chi connectivity index (χ3v) is 15.3. The lowest BCUT2D eigenvalue weighted by molar-refractivity contribution is 0.0637. The highest BCUT2D eigenvalue weighted by atomic mass is 35.5. The Labute approximate surface area is 291 Å². The summed E-state index contributed by atoms with van der Waals surface area (Å²) in [5.41, 5.74) is 3.59. The van der Waals surface area contributed by atoms with E-state index in [1.54, 1.807) is 7.11 Å². The second-order valence-corrected chi connectivity index (χ2v) is 18.0. The van der Waals surface area contributed by atoms with Crippen molar-refractivity contribution in [2.75, 3.05) is 7.11 Å². The summed E-state index contributed by atoms with van der Waals surface area (Å²) in [5.74, 6) is 1.03. The topological polar surface area (TPSA) is 49.8 Å². The number of nitrogens with zero attached hydrogens (tertiary/aromatic N) is 1. The molecule has 246 valence electrons. The van der Waals surface area contributed by atoms with Crippen molar-refractivity contribution in [1.82, 2.24) is 4.90 Å². The van der Waals surface area contributed by atoms with Crippen molar-refractivity contribution in [2.45, 2.75) is 57.2 Å². The number of ether oxygens (including phenoxy) is 1. The largest absolute Gasteiger partial charge is 0.496 e. The van der Waals surface area contributed by atoms with Crippen LogP contribution in [0.15, 0.2) is 133 Å². The first kappa shape index (κ1) is 33.7. The molecule has 3 atom stereocenters. The molecular formula is C42H44ClNO3Si. The van der Waals surface area contributed by atoms with Crippen molar-refractivity contribution >= 4 is 36.2 Å². The molecule has 0 unspecified atom stereocenters. The highest BCUT2D eigenvalue weighted by Crippen LogP contribution is 2.48. The van der Waals surface area contributed by atoms with Crippen LogP contribution in [-0.4, -0.2) is 37.1 Å². The molecule has 1 saturated heterocycles. The maximum atomic E-state index is 14.7. The molecule has 0 bridgehead atoms. The zero-order valence-electron chi connectivity index (χ0n) is 28.1. The number of likely N-dealkylation sites (tertiary alicyclic amines) is 1. The molecule has 1 aliphatic rings. The predicted octanol–water partition coefficient (Wildman–Crippen LogP) is 8.92. The quantitative estimate of drug-likeness (QED) is 0.151. The highest BCUT2D eigenvalue weighted by molar-refractivity contribution is 6.98. The van der Waals surface area contributed by atoms with E-state index in [1.807, 2.05) is 109 Å². The molecule has 6 rings (SSSR count). The fourth-order valence-corrected chi connectivity index (χ4v) is 11.7. The van der Waals surface area contributed by atoms with Crippen LogP contribution >= 0.6 is 11.6 Å². The zero-order valence-corrected chi connectivity index (χ0v) is 29.9. The Hall–Kier alpha value is -4.16. The van der Waals surface area contributed by atoms with Gasteiger partial charge < -0.3 is 14.4 Å². The zero-order chi connectivity index (χ0) is 33.9. The summed E-state index contributed by atoms with van der Waals surface area (Å²) in [4.78, 5) is 29.6. The summed E-state index contributed by atoms with van der Waals surface area (Å²) in [6.07, 6.45) is 2.33. The van der Waals surface area contributed by atoms with E-state index in [4.69, 9.17) is 16.3 Å². The molecule has 6 heteroatoms. The number of carbonyl (C=O) groups is 1. The Morgan fingerprint density at radius 1 is 0.833 bits per heavy atom. The minimum atomic E-state index is -3.21. The van der Waals surface area contributed by atoms with E-state index in [1.165, 1.54) is 0 Å². The van der Waals surface area contributed by atoms with E-state index in [2.05, 4.69) is 49.9 Å². The van der Waals surface area contributed by atoms with Gasteiger partial charge in [0, 0.05) is 22.2 Å². The molecule has 1 fully saturated rings. The van der Waals surface area contributed by atoms with Gasteiger partial charge in [0.05, 0.1) is 13.2 Å². The van der Waals surface area contributed by atoms with E-state index in [0.29, 0.717) is 10.6 Å². The van der Waals surface area contributed by atoms with Gasteiger partial charge in [0.25, 0.3) is 14.2 Å². The first-order chi connectivity index (χ1) is 23.2. The van der Waals surface area contributed by atoms with Crippen molar-refractivity contribution in [2.24, 2.45) is 5.92 Å². The van der Waals surface area contributed by atoms with Gasteiger partial charge in [0.2, 0.25) is 0 Å². The minimum Gasteiger partial charge on any atom is -0.496 e. The summed E-state index contributed by atoms with van der Waals surface area (Å²) >= 11 is 6.80. The van der Waals surface area contributed by atoms with Crippen LogP contribution in [0.5, 0.6) is 5.75 Å². The summed E-state index contributed by atoms with van der Waals surface area (Å²) < 4.78 is 5.59. The summed E-state index contributed by atoms with van der Waals surface area (Å²) in [7, 11) is -1.54. The van der Waals surface area contributed by atoms with Crippen molar-refractivity contribution in [3.8, 4) is 16.9 Å². The van der Waals surface area contributed by atoms with Crippen LogP contribution in [0.1, 0.15) is 62.0 Å². The molecule has 1 aliphatic heterocycles. The van der Waals surface area contributed by atoms with E-state index in [0.717, 1.165) is 52.1 Å². The maximum Gasteiger partial charge on any atom is 0.258 e. The number of hydrogen-bond donors (Lipinski definition) is 1. The van der Waals surface area contributed by atoms with Gasteiger partial charge in [0.15, 0.2) is 0 Å². The Bertz CT molecular complexity index is 1810. The molecule has 4 nitrogen and oxygen atoms in total. The van der Waals surface area contributed by atoms with Gasteiger partial charge in [-0.1, -0.05) is 142 Å². The number of carbonyl (C=O) groups excluding carboxylic acids is 1. The molecule has 1 amide bonds. The van der Waals surface area contributed by atoms with Crippen LogP contribution in [0.25, 0.3) is 11.1 Å². The summed E-state index contributed by atoms with van der Waals surface area (Å²) in [5, 5.41) is 2.24. The molecule has 0 aromatic heterocycles. The standard InChI is InChI=1S/C42H44ClNO3Si/c1-30-29-39(36-20-11-13-21-37(36)43)44(41(45)32-25-23-31(24-26-32)35-19-12-14-22-40(35)47-4)38(30)27-28-42(2,3)48(46,33-15-7-5-8-16-33)34-17-9-6-10-18-34/h5-26,30,38-39,46H,27-29H2,1-4H3/t30-,38+,39-/m0/s1. The number of para-hydroxylation sites is 1. The lowest BCUT2D eigenvalue weighted by Gasteiger charge is -2.42. The number of benzene rings is 5. The van der Waals surface area contributed by atoms with Crippen molar-refractivity contribution in [3.63, 3.8) is 0 Å². The van der Waals surface area contributed by atoms with Gasteiger partial charge in [-0.2, -0.15) is 0 Å². The molecule has 0 saturated carbocycles. The second-order valence-electron chi connectivity index (χ2n) is 13.7. The molecule has 0 spiro atoms. The molecule has 0 aliphatic carbocycles. The average molecular weight is 674 g/mol. The Morgan fingerprint density at radius 2 is 1.40 bits per heavy atom. The van der Waals surface area contributed by atoms with Crippen LogP contribution in [0.4, 0.5) is 0 Å². The van der Waals surface area contributed by atoms with Gasteiger partial charge in [-0.25, -0.2) is 0 Å². The van der Waals surface area contributed by atoms with Crippen molar-refractivity contribution in [1.29, 1.82) is 0 Å². The van der Waals surface area contributed by atoms with E-state index in [9.17, 15) is 9.59 Å². The monoisotopic (exact) mass is 673 g/mol. The van der Waals surface area contributed by atoms with Crippen LogP contribution < -0.4 is 15.1 Å². The van der Waals surface area contributed by atoms with Gasteiger partial charge in [-0.15, -0.1) is 0 Å². The van der Waals surface area contributed by atoms with Crippen molar-refractivity contribution < 1.29 is 14.3 Å². The fraction of sp³-hybridized carbons (Fsp3) is 0.262. The first-order valence-corrected chi connectivity index (χ1v) is 19.1. The predicted molar refractivity (Wildman–Crippen MR) is 200 cm³/mol.